The number of rotatable bonds is 3. The van der Waals surface area contributed by atoms with Gasteiger partial charge in [-0.05, 0) is 36.8 Å². The molecular formula is C16H15Cl2N3O2. The maximum atomic E-state index is 11.8. The number of benzene rings is 2. The summed E-state index contributed by atoms with van der Waals surface area (Å²) in [5, 5.41) is 3.65. The maximum Gasteiger partial charge on any atom is 0.333 e. The summed E-state index contributed by atoms with van der Waals surface area (Å²) in [6, 6.07) is 12.7. The third-order valence-corrected chi connectivity index (χ3v) is 3.66. The Morgan fingerprint density at radius 3 is 2.35 bits per heavy atom. The molecule has 1 unspecified atom stereocenters. The van der Waals surface area contributed by atoms with Crippen LogP contribution in [0.3, 0.4) is 0 Å². The molecule has 0 heterocycles. The highest BCUT2D eigenvalue weighted by atomic mass is 35.5. The Balaban J connectivity index is 1.88. The molecule has 1 atom stereocenters. The molecule has 120 valence electrons. The molecule has 2 rings (SSSR count). The zero-order valence-electron chi connectivity index (χ0n) is 12.3. The number of halogens is 2. The molecule has 3 N–H and O–H groups in total. The molecule has 3 amide bonds. The van der Waals surface area contributed by atoms with Gasteiger partial charge in [-0.1, -0.05) is 47.5 Å². The normalized spacial score (nSPS) is 11.4. The fourth-order valence-corrected chi connectivity index (χ4v) is 2.51. The van der Waals surface area contributed by atoms with Gasteiger partial charge in [0.25, 0.3) is 5.91 Å². The summed E-state index contributed by atoms with van der Waals surface area (Å²) >= 11 is 11.9. The van der Waals surface area contributed by atoms with Crippen molar-refractivity contribution >= 4 is 35.1 Å². The molecule has 0 fully saturated rings. The summed E-state index contributed by atoms with van der Waals surface area (Å²) < 4.78 is 0. The van der Waals surface area contributed by atoms with Gasteiger partial charge in [0.1, 0.15) is 0 Å². The van der Waals surface area contributed by atoms with E-state index in [1.807, 2.05) is 0 Å². The molecule has 7 heteroatoms. The van der Waals surface area contributed by atoms with Crippen LogP contribution in [0, 0.1) is 0 Å². The molecule has 0 radical (unpaired) electrons. The van der Waals surface area contributed by atoms with E-state index in [9.17, 15) is 9.59 Å². The Bertz CT molecular complexity index is 708. The second-order valence-corrected chi connectivity index (χ2v) is 5.65. The molecule has 0 aliphatic rings. The van der Waals surface area contributed by atoms with Gasteiger partial charge in [0.15, 0.2) is 0 Å². The molecule has 0 bridgehead atoms. The van der Waals surface area contributed by atoms with Gasteiger partial charge in [-0.3, -0.25) is 10.2 Å². The summed E-state index contributed by atoms with van der Waals surface area (Å²) in [4.78, 5) is 23.6. The molecule has 0 saturated carbocycles. The SMILES string of the molecule is CC(NC(=O)NNC(=O)c1ccccc1)c1ccc(Cl)cc1Cl. The highest BCUT2D eigenvalue weighted by Gasteiger charge is 2.13. The first kappa shape index (κ1) is 17.1. The first-order valence-electron chi connectivity index (χ1n) is 6.84. The summed E-state index contributed by atoms with van der Waals surface area (Å²) in [6.07, 6.45) is 0. The van der Waals surface area contributed by atoms with Crippen LogP contribution in [0.1, 0.15) is 28.9 Å². The smallest absolute Gasteiger partial charge is 0.330 e. The van der Waals surface area contributed by atoms with Gasteiger partial charge in [0.05, 0.1) is 6.04 Å². The second kappa shape index (κ2) is 7.85. The van der Waals surface area contributed by atoms with Crippen molar-refractivity contribution in [1.29, 1.82) is 0 Å². The number of hydrogen-bond donors (Lipinski definition) is 3. The first-order valence-corrected chi connectivity index (χ1v) is 7.60. The summed E-state index contributed by atoms with van der Waals surface area (Å²) in [5.74, 6) is -0.405. The van der Waals surface area contributed by atoms with Gasteiger partial charge in [0, 0.05) is 15.6 Å². The number of carbonyl (C=O) groups excluding carboxylic acids is 2. The highest BCUT2D eigenvalue weighted by Crippen LogP contribution is 2.25. The third kappa shape index (κ3) is 4.87. The van der Waals surface area contributed by atoms with E-state index < -0.39 is 11.9 Å². The fourth-order valence-electron chi connectivity index (χ4n) is 1.94. The zero-order chi connectivity index (χ0) is 16.8. The van der Waals surface area contributed by atoms with Crippen molar-refractivity contribution in [3.05, 3.63) is 69.7 Å². The van der Waals surface area contributed by atoms with E-state index >= 15 is 0 Å². The molecule has 0 aliphatic carbocycles. The lowest BCUT2D eigenvalue weighted by Crippen LogP contribution is -2.47. The van der Waals surface area contributed by atoms with Crippen LogP contribution >= 0.6 is 23.2 Å². The quantitative estimate of drug-likeness (QED) is 0.737. The summed E-state index contributed by atoms with van der Waals surface area (Å²) in [6.45, 7) is 1.77. The average molecular weight is 352 g/mol. The lowest BCUT2D eigenvalue weighted by molar-refractivity contribution is 0.0936. The summed E-state index contributed by atoms with van der Waals surface area (Å²) in [7, 11) is 0. The molecule has 0 spiro atoms. The Morgan fingerprint density at radius 1 is 1.00 bits per heavy atom. The largest absolute Gasteiger partial charge is 0.333 e. The minimum absolute atomic E-state index is 0.353. The Labute approximate surface area is 143 Å². The average Bonchev–Trinajstić information content (AvgIpc) is 2.53. The van der Waals surface area contributed by atoms with E-state index in [-0.39, 0.29) is 6.04 Å². The molecule has 2 aromatic rings. The van der Waals surface area contributed by atoms with Crippen molar-refractivity contribution in [3.63, 3.8) is 0 Å². The van der Waals surface area contributed by atoms with Crippen LogP contribution in [0.15, 0.2) is 48.5 Å². The minimum Gasteiger partial charge on any atom is -0.330 e. The van der Waals surface area contributed by atoms with E-state index in [1.54, 1.807) is 55.5 Å². The van der Waals surface area contributed by atoms with Crippen molar-refractivity contribution in [2.45, 2.75) is 13.0 Å². The van der Waals surface area contributed by atoms with Gasteiger partial charge in [0.2, 0.25) is 0 Å². The van der Waals surface area contributed by atoms with Crippen LogP contribution in [0.5, 0.6) is 0 Å². The number of hydrazine groups is 1. The molecule has 23 heavy (non-hydrogen) atoms. The van der Waals surface area contributed by atoms with Crippen LogP contribution in [0.4, 0.5) is 4.79 Å². The van der Waals surface area contributed by atoms with E-state index in [2.05, 4.69) is 16.2 Å². The van der Waals surface area contributed by atoms with E-state index in [4.69, 9.17) is 23.2 Å². The molecule has 0 aromatic heterocycles. The number of amides is 3. The zero-order valence-corrected chi connectivity index (χ0v) is 13.8. The Morgan fingerprint density at radius 2 is 1.70 bits per heavy atom. The number of hydrogen-bond acceptors (Lipinski definition) is 2. The second-order valence-electron chi connectivity index (χ2n) is 4.81. The van der Waals surface area contributed by atoms with Gasteiger partial charge in [-0.15, -0.1) is 0 Å². The van der Waals surface area contributed by atoms with Crippen LogP contribution in [0.2, 0.25) is 10.0 Å². The number of urea groups is 1. The van der Waals surface area contributed by atoms with Crippen molar-refractivity contribution in [1.82, 2.24) is 16.2 Å². The predicted molar refractivity (Wildman–Crippen MR) is 90.5 cm³/mol. The fraction of sp³-hybridized carbons (Fsp3) is 0.125. The number of carbonyl (C=O) groups is 2. The van der Waals surface area contributed by atoms with Crippen LogP contribution in [-0.2, 0) is 0 Å². The minimum atomic E-state index is -0.548. The van der Waals surface area contributed by atoms with Gasteiger partial charge >= 0.3 is 6.03 Å². The molecular weight excluding hydrogens is 337 g/mol. The molecule has 0 aliphatic heterocycles. The van der Waals surface area contributed by atoms with Crippen LogP contribution in [0.25, 0.3) is 0 Å². The van der Waals surface area contributed by atoms with Gasteiger partial charge < -0.3 is 5.32 Å². The van der Waals surface area contributed by atoms with Gasteiger partial charge in [-0.25, -0.2) is 10.2 Å². The predicted octanol–water partition coefficient (Wildman–Crippen LogP) is 3.70. The van der Waals surface area contributed by atoms with Crippen molar-refractivity contribution in [2.24, 2.45) is 0 Å². The lowest BCUT2D eigenvalue weighted by Gasteiger charge is -2.16. The molecule has 0 saturated heterocycles. The summed E-state index contributed by atoms with van der Waals surface area (Å²) in [5.41, 5.74) is 5.79. The standard InChI is InChI=1S/C16H15Cl2N3O2/c1-10(13-8-7-12(17)9-14(13)18)19-16(23)21-20-15(22)11-5-3-2-4-6-11/h2-10H,1H3,(H,20,22)(H2,19,21,23). The Hall–Kier alpha value is -2.24. The van der Waals surface area contributed by atoms with Crippen LogP contribution in [-0.4, -0.2) is 11.9 Å². The van der Waals surface area contributed by atoms with E-state index in [0.29, 0.717) is 15.6 Å². The monoisotopic (exact) mass is 351 g/mol. The van der Waals surface area contributed by atoms with Crippen molar-refractivity contribution in [3.8, 4) is 0 Å². The topological polar surface area (TPSA) is 70.2 Å². The lowest BCUT2D eigenvalue weighted by atomic mass is 10.1. The van der Waals surface area contributed by atoms with Crippen LogP contribution < -0.4 is 16.2 Å². The molecule has 2 aromatic carbocycles. The number of nitrogens with one attached hydrogen (secondary N) is 3. The van der Waals surface area contributed by atoms with Crippen molar-refractivity contribution in [2.75, 3.05) is 0 Å². The first-order chi connectivity index (χ1) is 11.0. The molecule has 5 nitrogen and oxygen atoms in total. The highest BCUT2D eigenvalue weighted by molar-refractivity contribution is 6.35. The maximum absolute atomic E-state index is 11.8. The van der Waals surface area contributed by atoms with Gasteiger partial charge in [-0.2, -0.15) is 0 Å². The van der Waals surface area contributed by atoms with Crippen molar-refractivity contribution < 1.29 is 9.59 Å². The Kier molecular flexibility index (Phi) is 5.84. The van der Waals surface area contributed by atoms with E-state index in [0.717, 1.165) is 5.56 Å². The third-order valence-electron chi connectivity index (χ3n) is 3.10. The van der Waals surface area contributed by atoms with E-state index in [1.165, 1.54) is 0 Å².